The maximum atomic E-state index is 10.9. The first-order chi connectivity index (χ1) is 12.2. The maximum absolute atomic E-state index is 10.9. The van der Waals surface area contributed by atoms with Crippen LogP contribution >= 0.6 is 0 Å². The van der Waals surface area contributed by atoms with Crippen molar-refractivity contribution in [3.63, 3.8) is 0 Å². The summed E-state index contributed by atoms with van der Waals surface area (Å²) in [5, 5.41) is 8.97. The predicted octanol–water partition coefficient (Wildman–Crippen LogP) is 8.02. The highest BCUT2D eigenvalue weighted by molar-refractivity contribution is 5.86. The fourth-order valence-corrected chi connectivity index (χ4v) is 3.58. The molecule has 2 heteroatoms. The molecule has 0 saturated heterocycles. The second-order valence-corrected chi connectivity index (χ2v) is 9.13. The van der Waals surface area contributed by atoms with Gasteiger partial charge in [-0.05, 0) is 44.4 Å². The van der Waals surface area contributed by atoms with E-state index < -0.39 is 5.97 Å². The monoisotopic (exact) mass is 366 g/mol. The van der Waals surface area contributed by atoms with E-state index >= 15 is 0 Å². The lowest BCUT2D eigenvalue weighted by Gasteiger charge is -2.15. The number of rotatable bonds is 16. The quantitative estimate of drug-likeness (QED) is 0.222. The van der Waals surface area contributed by atoms with Crippen LogP contribution in [0.4, 0.5) is 0 Å². The summed E-state index contributed by atoms with van der Waals surface area (Å²) in [6.45, 7) is 13.1. The van der Waals surface area contributed by atoms with Crippen LogP contribution < -0.4 is 0 Å². The highest BCUT2D eigenvalue weighted by Gasteiger charge is 2.07. The Morgan fingerprint density at radius 3 is 1.65 bits per heavy atom. The van der Waals surface area contributed by atoms with Crippen molar-refractivity contribution in [2.75, 3.05) is 0 Å². The third-order valence-corrected chi connectivity index (χ3v) is 5.83. The molecule has 0 fully saturated rings. The van der Waals surface area contributed by atoms with Gasteiger partial charge in [0.15, 0.2) is 0 Å². The van der Waals surface area contributed by atoms with Crippen molar-refractivity contribution < 1.29 is 9.90 Å². The largest absolute Gasteiger partial charge is 0.478 e. The van der Waals surface area contributed by atoms with Gasteiger partial charge in [-0.2, -0.15) is 0 Å². The SMILES string of the molecule is CC(CCCCCCC(C)CCCC(C)CCCC(C)C)=C(C)C(=O)O. The summed E-state index contributed by atoms with van der Waals surface area (Å²) in [6, 6.07) is 0. The first kappa shape index (κ1) is 25.2. The first-order valence-corrected chi connectivity index (χ1v) is 11.1. The Kier molecular flexibility index (Phi) is 14.8. The lowest BCUT2D eigenvalue weighted by molar-refractivity contribution is -0.132. The number of allylic oxidation sites excluding steroid dienone is 1. The molecule has 1 N–H and O–H groups in total. The van der Waals surface area contributed by atoms with Crippen molar-refractivity contribution in [1.82, 2.24) is 0 Å². The van der Waals surface area contributed by atoms with Gasteiger partial charge in [0.2, 0.25) is 0 Å². The molecule has 0 aliphatic carbocycles. The number of unbranched alkanes of at least 4 members (excludes halogenated alkanes) is 3. The summed E-state index contributed by atoms with van der Waals surface area (Å²) in [5.74, 6) is 1.83. The average molecular weight is 367 g/mol. The second kappa shape index (κ2) is 15.3. The summed E-state index contributed by atoms with van der Waals surface area (Å²) in [4.78, 5) is 10.9. The Bertz CT molecular complexity index is 395. The standard InChI is InChI=1S/C24H46O2/c1-19(2)13-11-15-21(4)17-12-16-20(3)14-9-7-8-10-18-22(5)23(6)24(25)26/h19-21H,7-18H2,1-6H3,(H,25,26). The molecule has 0 radical (unpaired) electrons. The number of aliphatic carboxylic acids is 1. The second-order valence-electron chi connectivity index (χ2n) is 9.13. The van der Waals surface area contributed by atoms with Crippen LogP contribution in [0.2, 0.25) is 0 Å². The molecule has 0 aromatic carbocycles. The van der Waals surface area contributed by atoms with Crippen molar-refractivity contribution in [2.24, 2.45) is 17.8 Å². The molecule has 0 aliphatic heterocycles. The minimum Gasteiger partial charge on any atom is -0.478 e. The van der Waals surface area contributed by atoms with E-state index in [-0.39, 0.29) is 0 Å². The molecule has 0 spiro atoms. The third kappa shape index (κ3) is 14.4. The Hall–Kier alpha value is -0.790. The van der Waals surface area contributed by atoms with Crippen LogP contribution in [0, 0.1) is 17.8 Å². The van der Waals surface area contributed by atoms with Gasteiger partial charge in [-0.25, -0.2) is 4.79 Å². The summed E-state index contributed by atoms with van der Waals surface area (Å²) >= 11 is 0. The molecule has 0 bridgehead atoms. The summed E-state index contributed by atoms with van der Waals surface area (Å²) in [7, 11) is 0. The summed E-state index contributed by atoms with van der Waals surface area (Å²) < 4.78 is 0. The van der Waals surface area contributed by atoms with Crippen LogP contribution in [0.1, 0.15) is 119 Å². The number of carboxylic acids is 1. The highest BCUT2D eigenvalue weighted by atomic mass is 16.4. The van der Waals surface area contributed by atoms with Crippen LogP contribution in [-0.2, 0) is 4.79 Å². The van der Waals surface area contributed by atoms with Gasteiger partial charge in [0.05, 0.1) is 0 Å². The Morgan fingerprint density at radius 2 is 1.15 bits per heavy atom. The van der Waals surface area contributed by atoms with Crippen molar-refractivity contribution in [3.8, 4) is 0 Å². The van der Waals surface area contributed by atoms with Gasteiger partial charge in [0.25, 0.3) is 0 Å². The highest BCUT2D eigenvalue weighted by Crippen LogP contribution is 2.22. The molecule has 2 nitrogen and oxygen atoms in total. The molecule has 0 aromatic heterocycles. The molecule has 0 heterocycles. The van der Waals surface area contributed by atoms with Gasteiger partial charge in [0.1, 0.15) is 0 Å². The molecule has 0 amide bonds. The van der Waals surface area contributed by atoms with Crippen LogP contribution in [0.3, 0.4) is 0 Å². The number of hydrogen-bond donors (Lipinski definition) is 1. The zero-order valence-electron chi connectivity index (χ0n) is 18.6. The first-order valence-electron chi connectivity index (χ1n) is 11.1. The lowest BCUT2D eigenvalue weighted by Crippen LogP contribution is -2.00. The lowest BCUT2D eigenvalue weighted by atomic mass is 9.91. The molecule has 0 aromatic rings. The Morgan fingerprint density at radius 1 is 0.692 bits per heavy atom. The van der Waals surface area contributed by atoms with Crippen molar-refractivity contribution in [2.45, 2.75) is 119 Å². The molecular formula is C24H46O2. The van der Waals surface area contributed by atoms with Crippen molar-refractivity contribution in [3.05, 3.63) is 11.1 Å². The summed E-state index contributed by atoms with van der Waals surface area (Å²) in [5.41, 5.74) is 1.56. The van der Waals surface area contributed by atoms with E-state index in [1.807, 2.05) is 6.92 Å². The van der Waals surface area contributed by atoms with Crippen LogP contribution in [0.15, 0.2) is 11.1 Å². The fraction of sp³-hybridized carbons (Fsp3) is 0.875. The van der Waals surface area contributed by atoms with Gasteiger partial charge in [-0.15, -0.1) is 0 Å². The zero-order chi connectivity index (χ0) is 19.9. The molecule has 2 unspecified atom stereocenters. The predicted molar refractivity (Wildman–Crippen MR) is 115 cm³/mol. The van der Waals surface area contributed by atoms with E-state index in [1.165, 1.54) is 64.2 Å². The number of carboxylic acid groups (broad SMARTS) is 1. The third-order valence-electron chi connectivity index (χ3n) is 5.83. The van der Waals surface area contributed by atoms with Gasteiger partial charge < -0.3 is 5.11 Å². The van der Waals surface area contributed by atoms with E-state index in [0.717, 1.165) is 36.2 Å². The van der Waals surface area contributed by atoms with E-state index in [2.05, 4.69) is 27.7 Å². The smallest absolute Gasteiger partial charge is 0.331 e. The van der Waals surface area contributed by atoms with Crippen LogP contribution in [0.5, 0.6) is 0 Å². The molecule has 154 valence electrons. The maximum Gasteiger partial charge on any atom is 0.331 e. The van der Waals surface area contributed by atoms with Gasteiger partial charge >= 0.3 is 5.97 Å². The normalized spacial score (nSPS) is 15.0. The molecule has 0 aliphatic rings. The van der Waals surface area contributed by atoms with Gasteiger partial charge in [-0.3, -0.25) is 0 Å². The number of carbonyl (C=O) groups is 1. The van der Waals surface area contributed by atoms with E-state index in [1.54, 1.807) is 6.92 Å². The zero-order valence-corrected chi connectivity index (χ0v) is 18.6. The van der Waals surface area contributed by atoms with Crippen molar-refractivity contribution in [1.29, 1.82) is 0 Å². The van der Waals surface area contributed by atoms with Crippen LogP contribution in [0.25, 0.3) is 0 Å². The summed E-state index contributed by atoms with van der Waals surface area (Å²) in [6.07, 6.45) is 15.6. The molecular weight excluding hydrogens is 320 g/mol. The van der Waals surface area contributed by atoms with E-state index in [0.29, 0.717) is 5.57 Å². The average Bonchev–Trinajstić information content (AvgIpc) is 2.56. The fourth-order valence-electron chi connectivity index (χ4n) is 3.58. The molecule has 2 atom stereocenters. The number of hydrogen-bond acceptors (Lipinski definition) is 1. The minimum absolute atomic E-state index is 0.525. The van der Waals surface area contributed by atoms with Gasteiger partial charge in [0, 0.05) is 5.57 Å². The minimum atomic E-state index is -0.773. The Balaban J connectivity index is 3.59. The van der Waals surface area contributed by atoms with Crippen LogP contribution in [-0.4, -0.2) is 11.1 Å². The molecule has 0 saturated carbocycles. The topological polar surface area (TPSA) is 37.3 Å². The van der Waals surface area contributed by atoms with Crippen molar-refractivity contribution >= 4 is 5.97 Å². The molecule has 26 heavy (non-hydrogen) atoms. The molecule has 0 rings (SSSR count). The van der Waals surface area contributed by atoms with E-state index in [9.17, 15) is 4.79 Å². The van der Waals surface area contributed by atoms with Gasteiger partial charge in [-0.1, -0.05) is 97.5 Å². The Labute approximate surface area is 163 Å². The van der Waals surface area contributed by atoms with E-state index in [4.69, 9.17) is 5.11 Å².